The van der Waals surface area contributed by atoms with Gasteiger partial charge in [-0.25, -0.2) is 24.0 Å². The van der Waals surface area contributed by atoms with Crippen molar-refractivity contribution in [2.24, 2.45) is 0 Å². The molecule has 0 heterocycles. The van der Waals surface area contributed by atoms with Gasteiger partial charge < -0.3 is 23.7 Å². The lowest BCUT2D eigenvalue weighted by Crippen LogP contribution is -2.10. The number of ether oxygens (including phenoxy) is 5. The smallest absolute Gasteiger partial charge is 0.336 e. The van der Waals surface area contributed by atoms with Gasteiger partial charge in [0.2, 0.25) is 0 Å². The zero-order valence-electron chi connectivity index (χ0n) is 19.3. The summed E-state index contributed by atoms with van der Waals surface area (Å²) in [6, 6.07) is 7.75. The number of hydrogen-bond acceptors (Lipinski definition) is 10. The van der Waals surface area contributed by atoms with Crippen molar-refractivity contribution in [2.75, 3.05) is 0 Å². The van der Waals surface area contributed by atoms with E-state index in [1.54, 1.807) is 0 Å². The minimum atomic E-state index is -0.898. The minimum absolute atomic E-state index is 0.000379. The van der Waals surface area contributed by atoms with Gasteiger partial charge in [0.25, 0.3) is 0 Å². The Kier molecular flexibility index (Phi) is 10.0. The van der Waals surface area contributed by atoms with E-state index in [-0.39, 0.29) is 28.7 Å². The Balaban J connectivity index is 2.30. The van der Waals surface area contributed by atoms with Crippen molar-refractivity contribution in [3.63, 3.8) is 0 Å². The van der Waals surface area contributed by atoms with Gasteiger partial charge in [-0.05, 0) is 35.9 Å². The largest absolute Gasteiger partial charge is 0.423 e. The van der Waals surface area contributed by atoms with Gasteiger partial charge in [-0.1, -0.05) is 26.3 Å². The van der Waals surface area contributed by atoms with Gasteiger partial charge in [-0.3, -0.25) is 0 Å². The summed E-state index contributed by atoms with van der Waals surface area (Å²) in [7, 11) is 0. The summed E-state index contributed by atoms with van der Waals surface area (Å²) in [6.45, 7) is 13.2. The van der Waals surface area contributed by atoms with Gasteiger partial charge in [0.1, 0.15) is 17.2 Å². The lowest BCUT2D eigenvalue weighted by Gasteiger charge is -2.10. The third kappa shape index (κ3) is 8.98. The van der Waals surface area contributed by atoms with Crippen LogP contribution < -0.4 is 23.7 Å². The number of esters is 5. The van der Waals surface area contributed by atoms with E-state index >= 15 is 0 Å². The van der Waals surface area contributed by atoms with E-state index in [2.05, 4.69) is 26.3 Å². The first kappa shape index (κ1) is 27.7. The first-order valence-corrected chi connectivity index (χ1v) is 10.2. The molecule has 0 aliphatic heterocycles. The van der Waals surface area contributed by atoms with E-state index in [0.29, 0.717) is 5.56 Å². The molecule has 0 aliphatic rings. The van der Waals surface area contributed by atoms with Crippen LogP contribution >= 0.6 is 0 Å². The predicted molar refractivity (Wildman–Crippen MR) is 131 cm³/mol. The zero-order valence-corrected chi connectivity index (χ0v) is 19.3. The van der Waals surface area contributed by atoms with Crippen molar-refractivity contribution in [3.8, 4) is 28.7 Å². The summed E-state index contributed by atoms with van der Waals surface area (Å²) in [5.74, 6) is -4.40. The van der Waals surface area contributed by atoms with E-state index in [0.717, 1.165) is 36.4 Å². The van der Waals surface area contributed by atoms with Crippen LogP contribution in [0.3, 0.4) is 0 Å². The Morgan fingerprint density at radius 3 is 1.49 bits per heavy atom. The molecule has 0 amide bonds. The summed E-state index contributed by atoms with van der Waals surface area (Å²) in [4.78, 5) is 58.7. The summed E-state index contributed by atoms with van der Waals surface area (Å²) in [5.41, 5.74) is 0.295. The van der Waals surface area contributed by atoms with Crippen molar-refractivity contribution in [1.29, 1.82) is 0 Å². The molecule has 10 heteroatoms. The Hall–Kier alpha value is -5.51. The molecule has 0 N–H and O–H groups in total. The van der Waals surface area contributed by atoms with Crippen LogP contribution in [-0.2, 0) is 24.0 Å². The molecule has 2 aromatic rings. The van der Waals surface area contributed by atoms with Crippen LogP contribution in [0.15, 0.2) is 93.1 Å². The third-order valence-corrected chi connectivity index (χ3v) is 3.97. The molecule has 0 aromatic heterocycles. The van der Waals surface area contributed by atoms with Crippen LogP contribution in [0.2, 0.25) is 0 Å². The normalized spacial score (nSPS) is 9.95. The number of carbonyl (C=O) groups is 5. The third-order valence-electron chi connectivity index (χ3n) is 3.97. The predicted octanol–water partition coefficient (Wildman–Crippen LogP) is 3.67. The fourth-order valence-electron chi connectivity index (χ4n) is 2.45. The molecule has 37 heavy (non-hydrogen) atoms. The Bertz CT molecular complexity index is 1280. The lowest BCUT2D eigenvalue weighted by atomic mass is 10.2. The van der Waals surface area contributed by atoms with Gasteiger partial charge >= 0.3 is 29.8 Å². The number of carbonyl (C=O) groups excluding carboxylic acids is 5. The molecule has 188 valence electrons. The van der Waals surface area contributed by atoms with Crippen molar-refractivity contribution >= 4 is 35.9 Å². The number of benzene rings is 2. The standard InChI is InChI=1S/C27H20O10/c1-5-23(28)33-18-10-11-21(22(16-18)37-26(31)8-4)36-27(32)12-9-17-13-19(34-24(29)6-2)15-20(14-17)35-25(30)7-3/h5-16H,1-4H2. The maximum atomic E-state index is 12.5. The maximum absolute atomic E-state index is 12.5. The molecule has 2 aromatic carbocycles. The molecule has 0 fully saturated rings. The topological polar surface area (TPSA) is 132 Å². The van der Waals surface area contributed by atoms with E-state index in [1.807, 2.05) is 0 Å². The van der Waals surface area contributed by atoms with Crippen molar-refractivity contribution < 1.29 is 47.7 Å². The van der Waals surface area contributed by atoms with Crippen LogP contribution in [0.1, 0.15) is 5.56 Å². The molecule has 0 radical (unpaired) electrons. The SMILES string of the molecule is C=CC(=O)Oc1cc(C=CC(=O)Oc2ccc(OC(=O)C=C)cc2OC(=O)C=C)cc(OC(=O)C=C)c1. The summed E-state index contributed by atoms with van der Waals surface area (Å²) < 4.78 is 25.3. The second-order valence-electron chi connectivity index (χ2n) is 6.60. The van der Waals surface area contributed by atoms with Gasteiger partial charge in [-0.2, -0.15) is 0 Å². The zero-order chi connectivity index (χ0) is 27.4. The highest BCUT2D eigenvalue weighted by Gasteiger charge is 2.15. The molecule has 0 unspecified atom stereocenters. The average Bonchev–Trinajstić information content (AvgIpc) is 2.88. The molecule has 0 saturated carbocycles. The second-order valence-corrected chi connectivity index (χ2v) is 6.60. The summed E-state index contributed by atoms with van der Waals surface area (Å²) in [6.07, 6.45) is 6.00. The molecular weight excluding hydrogens is 484 g/mol. The van der Waals surface area contributed by atoms with Crippen LogP contribution in [0, 0.1) is 0 Å². The van der Waals surface area contributed by atoms with Crippen LogP contribution in [0.4, 0.5) is 0 Å². The molecule has 0 bridgehead atoms. The number of hydrogen-bond donors (Lipinski definition) is 0. The Morgan fingerprint density at radius 1 is 0.514 bits per heavy atom. The van der Waals surface area contributed by atoms with Gasteiger partial charge in [0.15, 0.2) is 11.5 Å². The van der Waals surface area contributed by atoms with Gasteiger partial charge in [-0.15, -0.1) is 0 Å². The molecular formula is C27H20O10. The first-order chi connectivity index (χ1) is 17.7. The molecule has 10 nitrogen and oxygen atoms in total. The molecule has 0 atom stereocenters. The average molecular weight is 504 g/mol. The quantitative estimate of drug-likeness (QED) is 0.254. The fraction of sp³-hybridized carbons (Fsp3) is 0. The lowest BCUT2D eigenvalue weighted by molar-refractivity contribution is -0.131. The molecule has 0 spiro atoms. The summed E-state index contributed by atoms with van der Waals surface area (Å²) in [5, 5.41) is 0. The van der Waals surface area contributed by atoms with E-state index in [9.17, 15) is 24.0 Å². The highest BCUT2D eigenvalue weighted by molar-refractivity contribution is 5.90. The Labute approximate surface area is 211 Å². The molecule has 2 rings (SSSR count). The second kappa shape index (κ2) is 13.4. The highest BCUT2D eigenvalue weighted by atomic mass is 16.6. The van der Waals surface area contributed by atoms with Crippen LogP contribution in [-0.4, -0.2) is 29.8 Å². The molecule has 0 aliphatic carbocycles. The van der Waals surface area contributed by atoms with E-state index in [1.165, 1.54) is 36.4 Å². The molecule has 0 saturated heterocycles. The minimum Gasteiger partial charge on any atom is -0.423 e. The van der Waals surface area contributed by atoms with Gasteiger partial charge in [0.05, 0.1) is 0 Å². The number of rotatable bonds is 11. The monoisotopic (exact) mass is 504 g/mol. The summed E-state index contributed by atoms with van der Waals surface area (Å²) >= 11 is 0. The fourth-order valence-corrected chi connectivity index (χ4v) is 2.45. The van der Waals surface area contributed by atoms with Crippen molar-refractivity contribution in [2.45, 2.75) is 0 Å². The van der Waals surface area contributed by atoms with Gasteiger partial charge in [0, 0.05) is 42.5 Å². The van der Waals surface area contributed by atoms with Crippen LogP contribution in [0.25, 0.3) is 6.08 Å². The maximum Gasteiger partial charge on any atom is 0.336 e. The van der Waals surface area contributed by atoms with Crippen molar-refractivity contribution in [1.82, 2.24) is 0 Å². The van der Waals surface area contributed by atoms with Crippen LogP contribution in [0.5, 0.6) is 28.7 Å². The van der Waals surface area contributed by atoms with Crippen molar-refractivity contribution in [3.05, 3.63) is 98.7 Å². The Morgan fingerprint density at radius 2 is 0.973 bits per heavy atom. The van der Waals surface area contributed by atoms with E-state index in [4.69, 9.17) is 23.7 Å². The van der Waals surface area contributed by atoms with E-state index < -0.39 is 29.8 Å². The highest BCUT2D eigenvalue weighted by Crippen LogP contribution is 2.32. The first-order valence-electron chi connectivity index (χ1n) is 10.2.